The summed E-state index contributed by atoms with van der Waals surface area (Å²) in [6.45, 7) is 10.6. The number of rotatable bonds is 17. The quantitative estimate of drug-likeness (QED) is 0.0641. The lowest BCUT2D eigenvalue weighted by atomic mass is 9.53. The summed E-state index contributed by atoms with van der Waals surface area (Å²) in [5.41, 5.74) is 5.78. The number of benzene rings is 2. The topological polar surface area (TPSA) is 241 Å². The highest BCUT2D eigenvalue weighted by Crippen LogP contribution is 2.63. The van der Waals surface area contributed by atoms with Crippen LogP contribution in [0.15, 0.2) is 54.6 Å². The molecule has 2 amide bonds. The lowest BCUT2D eigenvalue weighted by Crippen LogP contribution is -2.66. The second kappa shape index (κ2) is 22.2. The van der Waals surface area contributed by atoms with Crippen LogP contribution in [-0.2, 0) is 58.6 Å². The van der Waals surface area contributed by atoms with Gasteiger partial charge in [-0.3, -0.25) is 9.59 Å². The minimum Gasteiger partial charge on any atom is -0.487 e. The number of aliphatic hydroxyl groups excluding tert-OH is 6. The zero-order chi connectivity index (χ0) is 54.2. The van der Waals surface area contributed by atoms with Crippen LogP contribution in [0.1, 0.15) is 74.8 Å². The van der Waals surface area contributed by atoms with Crippen molar-refractivity contribution in [1.82, 2.24) is 20.4 Å². The van der Waals surface area contributed by atoms with Crippen molar-refractivity contribution in [2.75, 3.05) is 51.8 Å². The van der Waals surface area contributed by atoms with Crippen LogP contribution in [-0.4, -0.2) is 202 Å². The molecule has 0 aromatic heterocycles. The summed E-state index contributed by atoms with van der Waals surface area (Å²) in [7, 11) is 7.20. The van der Waals surface area contributed by atoms with Gasteiger partial charge in [-0.25, -0.2) is 0 Å². The number of ether oxygens (including phenoxy) is 6. The molecule has 1 spiro atoms. The van der Waals surface area contributed by atoms with Gasteiger partial charge in [-0.05, 0) is 114 Å². The minimum absolute atomic E-state index is 0.0768. The zero-order valence-corrected chi connectivity index (χ0v) is 46.4. The van der Waals surface area contributed by atoms with Crippen LogP contribution in [0.4, 0.5) is 0 Å². The smallest absolute Gasteiger partial charge is 0.252 e. The number of piperidine rings is 2. The van der Waals surface area contributed by atoms with E-state index in [-0.39, 0.29) is 42.5 Å². The van der Waals surface area contributed by atoms with Gasteiger partial charge < -0.3 is 79.5 Å². The molecule has 4 saturated heterocycles. The van der Waals surface area contributed by atoms with Crippen molar-refractivity contribution in [2.24, 2.45) is 17.8 Å². The van der Waals surface area contributed by atoms with Crippen molar-refractivity contribution >= 4 is 33.4 Å². The highest BCUT2D eigenvalue weighted by atomic mass is 33.1. The predicted octanol–water partition coefficient (Wildman–Crippen LogP) is 1.89. The van der Waals surface area contributed by atoms with Crippen molar-refractivity contribution in [3.8, 4) is 11.5 Å². The Hall–Kier alpha value is -3.32. The summed E-state index contributed by atoms with van der Waals surface area (Å²) >= 11 is 0. The van der Waals surface area contributed by atoms with Crippen LogP contribution in [0, 0.1) is 17.8 Å². The largest absolute Gasteiger partial charge is 0.487 e. The normalized spacial score (nSPS) is 39.6. The van der Waals surface area contributed by atoms with Gasteiger partial charge >= 0.3 is 0 Å². The average Bonchev–Trinajstić information content (AvgIpc) is 3.86. The Labute approximate surface area is 459 Å². The Morgan fingerprint density at radius 2 is 1.32 bits per heavy atom. The van der Waals surface area contributed by atoms with Gasteiger partial charge in [-0.1, -0.05) is 84.0 Å². The number of amides is 2. The second-order valence-electron chi connectivity index (χ2n) is 23.7. The molecule has 5 heterocycles. The lowest BCUT2D eigenvalue weighted by Gasteiger charge is -2.58. The van der Waals surface area contributed by atoms with Gasteiger partial charge in [-0.2, -0.15) is 0 Å². The van der Waals surface area contributed by atoms with Crippen LogP contribution < -0.4 is 20.1 Å². The molecule has 5 aliphatic heterocycles. The molecule has 18 nitrogen and oxygen atoms in total. The molecule has 20 heteroatoms. The van der Waals surface area contributed by atoms with E-state index >= 15 is 0 Å². The molecule has 77 heavy (non-hydrogen) atoms. The number of likely N-dealkylation sites (N-methyl/N-ethyl adjacent to an activating group) is 2. The average molecular weight is 1110 g/mol. The van der Waals surface area contributed by atoms with Crippen LogP contribution >= 0.6 is 21.6 Å². The predicted molar refractivity (Wildman–Crippen MR) is 288 cm³/mol. The van der Waals surface area contributed by atoms with E-state index in [1.807, 2.05) is 32.1 Å². The Morgan fingerprint density at radius 3 is 1.97 bits per heavy atom. The van der Waals surface area contributed by atoms with Gasteiger partial charge in [0.2, 0.25) is 0 Å². The van der Waals surface area contributed by atoms with Gasteiger partial charge in [-0.15, -0.1) is 0 Å². The van der Waals surface area contributed by atoms with E-state index in [0.717, 1.165) is 50.8 Å². The molecule has 8 N–H and O–H groups in total. The summed E-state index contributed by atoms with van der Waals surface area (Å²) in [6.07, 6.45) is -4.14. The molecule has 4 bridgehead atoms. The van der Waals surface area contributed by atoms with Crippen LogP contribution in [0.25, 0.3) is 0 Å². The maximum Gasteiger partial charge on any atom is 0.252 e. The fourth-order valence-electron chi connectivity index (χ4n) is 14.6. The van der Waals surface area contributed by atoms with Gasteiger partial charge in [0.05, 0.1) is 12.2 Å². The van der Waals surface area contributed by atoms with E-state index in [4.69, 9.17) is 28.4 Å². The number of carbonyl (C=O) groups excluding carboxylic acids is 2. The molecular weight excluding hydrogens is 1030 g/mol. The maximum atomic E-state index is 13.5. The molecule has 4 aliphatic carbocycles. The maximum absolute atomic E-state index is 13.5. The SMILES string of the molecule is CC(C)Cc1ccc2c(c1)[C@]13CCN(C)[C@H](C2)C1C=C[C@H](OC1OC(C(=O)NCCSSCCNC(=O)C2OC(O[C@H]4C=CC5[C@H]6Cc7ccc(OC(C)C)c8c7[C@@]5(CCN6C)[C@H]4O8)[C@@H](O)[C@H](O)[C@@H]2O)[C@@H](O)[C@@H](O)[C@@H]1O)C3. The number of hydrogen-bond donors (Lipinski definition) is 8. The monoisotopic (exact) mass is 1110 g/mol. The van der Waals surface area contributed by atoms with Crippen LogP contribution in [0.5, 0.6) is 11.5 Å². The van der Waals surface area contributed by atoms with E-state index < -0.39 is 97.0 Å². The van der Waals surface area contributed by atoms with E-state index in [0.29, 0.717) is 41.4 Å². The molecule has 2 aromatic carbocycles. The Morgan fingerprint density at radius 1 is 0.727 bits per heavy atom. The molecule has 0 saturated carbocycles. The first kappa shape index (κ1) is 55.6. The van der Waals surface area contributed by atoms with Crippen molar-refractivity contribution in [3.63, 3.8) is 0 Å². The fraction of sp³-hybridized carbons (Fsp3) is 0.684. The Balaban J connectivity index is 0.648. The summed E-state index contributed by atoms with van der Waals surface area (Å²) in [5, 5.41) is 71.7. The molecule has 2 aromatic rings. The van der Waals surface area contributed by atoms with Crippen LogP contribution in [0.2, 0.25) is 0 Å². The third-order valence-corrected chi connectivity index (χ3v) is 20.6. The van der Waals surface area contributed by atoms with E-state index in [1.165, 1.54) is 43.8 Å². The van der Waals surface area contributed by atoms with Gasteiger partial charge in [0.15, 0.2) is 36.3 Å². The van der Waals surface area contributed by atoms with Crippen molar-refractivity contribution in [3.05, 3.63) is 82.5 Å². The third-order valence-electron chi connectivity index (χ3n) is 18.2. The van der Waals surface area contributed by atoms with E-state index in [9.17, 15) is 40.2 Å². The number of carbonyl (C=O) groups is 2. The first-order chi connectivity index (χ1) is 36.9. The number of fused-ring (bicyclic) bond motifs is 1. The van der Waals surface area contributed by atoms with Gasteiger partial charge in [0.1, 0.15) is 48.8 Å². The number of likely N-dealkylation sites (tertiary alicyclic amines) is 2. The summed E-state index contributed by atoms with van der Waals surface area (Å²) in [5.74, 6) is 1.85. The highest BCUT2D eigenvalue weighted by molar-refractivity contribution is 8.76. The molecule has 19 atom stereocenters. The summed E-state index contributed by atoms with van der Waals surface area (Å²) in [6, 6.07) is 11.7. The van der Waals surface area contributed by atoms with Crippen LogP contribution in [0.3, 0.4) is 0 Å². The third kappa shape index (κ3) is 9.99. The molecule has 422 valence electrons. The van der Waals surface area contributed by atoms with Crippen molar-refractivity contribution in [1.29, 1.82) is 0 Å². The Bertz CT molecular complexity index is 2580. The van der Waals surface area contributed by atoms with E-state index in [2.05, 4.69) is 84.8 Å². The standard InChI is InChI=1S/C57H78N4O14S2/c1-28(2)23-30-7-8-31-25-37-34-11-10-33(27-56(34,36(31)24-30)15-19-60(37)5)71-54-46(66)42(62)44(64)49(74-54)52(68)58-17-21-76-77-22-18-59-53(69)50-45(65)43(63)47(67)55(75-50)72-40-14-12-35-38-26-32-9-13-39(70-29(3)4)48-41(32)57(35,51(40)73-48)16-20-61(38)6/h7-14,24,28-29,33-35,37-38,40,42-47,49-51,54-55,62-67H,15-23,25-27H2,1-6H3,(H,58,68)(H,59,69)/t33-,34?,35?,37+,38+,40-,42+,43+,44-,45-,46-,47-,49?,50?,51-,54?,55?,56-,57-/m0/s1. The number of nitrogens with zero attached hydrogens (tertiary/aromatic N) is 2. The lowest BCUT2D eigenvalue weighted by molar-refractivity contribution is -0.304. The molecule has 11 rings (SSSR count). The molecule has 6 unspecified atom stereocenters. The molecule has 0 radical (unpaired) electrons. The van der Waals surface area contributed by atoms with Gasteiger partial charge in [0, 0.05) is 64.9 Å². The Kier molecular flexibility index (Phi) is 16.0. The first-order valence-corrected chi connectivity index (χ1v) is 30.3. The van der Waals surface area contributed by atoms with Crippen molar-refractivity contribution < 1.29 is 68.6 Å². The first-order valence-electron chi connectivity index (χ1n) is 27.8. The molecule has 9 aliphatic rings. The number of nitrogens with one attached hydrogen (secondary N) is 2. The van der Waals surface area contributed by atoms with Gasteiger partial charge in [0.25, 0.3) is 11.8 Å². The number of hydrogen-bond acceptors (Lipinski definition) is 18. The fourth-order valence-corrected chi connectivity index (χ4v) is 16.4. The molecule has 4 fully saturated rings. The minimum atomic E-state index is -1.74. The summed E-state index contributed by atoms with van der Waals surface area (Å²) < 4.78 is 38.0. The highest BCUT2D eigenvalue weighted by Gasteiger charge is 2.65. The van der Waals surface area contributed by atoms with E-state index in [1.54, 1.807) is 0 Å². The molecular formula is C57H78N4O14S2. The van der Waals surface area contributed by atoms with Crippen molar-refractivity contribution in [2.45, 2.75) is 175 Å². The summed E-state index contributed by atoms with van der Waals surface area (Å²) in [4.78, 5) is 31.9. The zero-order valence-electron chi connectivity index (χ0n) is 44.8. The number of aliphatic hydroxyl groups is 6. The second-order valence-corrected chi connectivity index (χ2v) is 26.4.